The van der Waals surface area contributed by atoms with Gasteiger partial charge in [-0.25, -0.2) is 0 Å². The van der Waals surface area contributed by atoms with Crippen molar-refractivity contribution in [2.45, 2.75) is 50.6 Å². The molecule has 4 heteroatoms. The van der Waals surface area contributed by atoms with Gasteiger partial charge in [0.15, 0.2) is 0 Å². The highest BCUT2D eigenvalue weighted by molar-refractivity contribution is 5.79. The molecule has 2 aliphatic rings. The zero-order valence-corrected chi connectivity index (χ0v) is 10.8. The van der Waals surface area contributed by atoms with Crippen molar-refractivity contribution in [1.82, 2.24) is 10.2 Å². The molecule has 0 aromatic rings. The first kappa shape index (κ1) is 12.8. The molecule has 2 atom stereocenters. The van der Waals surface area contributed by atoms with Crippen molar-refractivity contribution < 1.29 is 4.79 Å². The van der Waals surface area contributed by atoms with E-state index >= 15 is 0 Å². The third-order valence-electron chi connectivity index (χ3n) is 4.09. The molecule has 17 heavy (non-hydrogen) atoms. The van der Waals surface area contributed by atoms with Gasteiger partial charge in [-0.2, -0.15) is 0 Å². The minimum atomic E-state index is 0.0509. The monoisotopic (exact) mass is 239 g/mol. The minimum absolute atomic E-state index is 0.0509. The Bertz CT molecular complexity index is 265. The molecule has 98 valence electrons. The number of amides is 1. The van der Waals surface area contributed by atoms with E-state index < -0.39 is 0 Å². The molecule has 0 bridgehead atoms. The Kier molecular flexibility index (Phi) is 4.40. The molecular formula is C13H25N3O. The highest BCUT2D eigenvalue weighted by Gasteiger charge is 2.28. The molecule has 0 aromatic heterocycles. The van der Waals surface area contributed by atoms with E-state index in [1.54, 1.807) is 0 Å². The Labute approximate surface area is 104 Å². The number of nitrogens with zero attached hydrogens (tertiary/aromatic N) is 1. The van der Waals surface area contributed by atoms with E-state index in [-0.39, 0.29) is 17.9 Å². The molecule has 0 aromatic carbocycles. The topological polar surface area (TPSA) is 58.4 Å². The molecule has 2 fully saturated rings. The molecule has 3 N–H and O–H groups in total. The fourth-order valence-electron chi connectivity index (χ4n) is 2.67. The second-order valence-corrected chi connectivity index (χ2v) is 5.56. The van der Waals surface area contributed by atoms with E-state index in [1.807, 2.05) is 0 Å². The normalized spacial score (nSPS) is 29.4. The van der Waals surface area contributed by atoms with E-state index in [9.17, 15) is 4.79 Å². The highest BCUT2D eigenvalue weighted by atomic mass is 16.1. The van der Waals surface area contributed by atoms with Gasteiger partial charge in [-0.05, 0) is 32.7 Å². The summed E-state index contributed by atoms with van der Waals surface area (Å²) in [4.78, 5) is 14.3. The SMILES string of the molecule is CN(CCNC(=O)C1CCCCC1N)C1CC1. The first-order chi connectivity index (χ1) is 8.18. The van der Waals surface area contributed by atoms with Gasteiger partial charge in [0.1, 0.15) is 0 Å². The first-order valence-electron chi connectivity index (χ1n) is 6.92. The van der Waals surface area contributed by atoms with Crippen LogP contribution in [-0.4, -0.2) is 43.0 Å². The zero-order valence-electron chi connectivity index (χ0n) is 10.8. The fraction of sp³-hybridized carbons (Fsp3) is 0.923. The van der Waals surface area contributed by atoms with Crippen LogP contribution >= 0.6 is 0 Å². The average Bonchev–Trinajstić information content (AvgIpc) is 3.13. The number of hydrogen-bond donors (Lipinski definition) is 2. The van der Waals surface area contributed by atoms with Gasteiger partial charge in [0.25, 0.3) is 0 Å². The van der Waals surface area contributed by atoms with E-state index in [0.717, 1.165) is 38.4 Å². The molecular weight excluding hydrogens is 214 g/mol. The zero-order chi connectivity index (χ0) is 12.3. The van der Waals surface area contributed by atoms with Crippen molar-refractivity contribution in [3.63, 3.8) is 0 Å². The number of likely N-dealkylation sites (N-methyl/N-ethyl adjacent to an activating group) is 1. The van der Waals surface area contributed by atoms with Crippen molar-refractivity contribution in [1.29, 1.82) is 0 Å². The second-order valence-electron chi connectivity index (χ2n) is 5.56. The Hall–Kier alpha value is -0.610. The maximum atomic E-state index is 12.0. The molecule has 2 aliphatic carbocycles. The number of carbonyl (C=O) groups is 1. The number of nitrogens with two attached hydrogens (primary N) is 1. The standard InChI is InChI=1S/C13H25N3O/c1-16(10-6-7-10)9-8-15-13(17)11-4-2-3-5-12(11)14/h10-12H,2-9,14H2,1H3,(H,15,17). The quantitative estimate of drug-likeness (QED) is 0.743. The predicted octanol–water partition coefficient (Wildman–Crippen LogP) is 0.714. The number of rotatable bonds is 5. The van der Waals surface area contributed by atoms with Crippen LogP contribution in [0.25, 0.3) is 0 Å². The molecule has 4 nitrogen and oxygen atoms in total. The fourth-order valence-corrected chi connectivity index (χ4v) is 2.67. The lowest BCUT2D eigenvalue weighted by atomic mass is 9.84. The van der Waals surface area contributed by atoms with Gasteiger partial charge in [0, 0.05) is 25.2 Å². The van der Waals surface area contributed by atoms with Crippen LogP contribution in [0.3, 0.4) is 0 Å². The van der Waals surface area contributed by atoms with Crippen molar-refractivity contribution in [3.8, 4) is 0 Å². The number of hydrogen-bond acceptors (Lipinski definition) is 3. The van der Waals surface area contributed by atoms with Gasteiger partial charge >= 0.3 is 0 Å². The number of nitrogens with one attached hydrogen (secondary N) is 1. The lowest BCUT2D eigenvalue weighted by molar-refractivity contribution is -0.126. The molecule has 0 spiro atoms. The molecule has 0 saturated heterocycles. The summed E-state index contributed by atoms with van der Waals surface area (Å²) in [6.07, 6.45) is 6.92. The van der Waals surface area contributed by atoms with Crippen molar-refractivity contribution in [3.05, 3.63) is 0 Å². The summed E-state index contributed by atoms with van der Waals surface area (Å²) in [5.74, 6) is 0.219. The van der Waals surface area contributed by atoms with Crippen molar-refractivity contribution >= 4 is 5.91 Å². The molecule has 0 aliphatic heterocycles. The number of carbonyl (C=O) groups excluding carboxylic acids is 1. The summed E-state index contributed by atoms with van der Waals surface area (Å²) in [7, 11) is 2.14. The van der Waals surface area contributed by atoms with Crippen LogP contribution in [0.15, 0.2) is 0 Å². The summed E-state index contributed by atoms with van der Waals surface area (Å²) >= 11 is 0. The van der Waals surface area contributed by atoms with E-state index in [0.29, 0.717) is 0 Å². The minimum Gasteiger partial charge on any atom is -0.355 e. The van der Waals surface area contributed by atoms with Crippen LogP contribution in [0, 0.1) is 5.92 Å². The maximum Gasteiger partial charge on any atom is 0.224 e. The van der Waals surface area contributed by atoms with Gasteiger partial charge in [0.2, 0.25) is 5.91 Å². The van der Waals surface area contributed by atoms with Crippen molar-refractivity contribution in [2.24, 2.45) is 11.7 Å². The van der Waals surface area contributed by atoms with Crippen LogP contribution in [-0.2, 0) is 4.79 Å². The molecule has 2 unspecified atom stereocenters. The maximum absolute atomic E-state index is 12.0. The lowest BCUT2D eigenvalue weighted by Crippen LogP contribution is -2.45. The van der Waals surface area contributed by atoms with Crippen molar-refractivity contribution in [2.75, 3.05) is 20.1 Å². The second kappa shape index (κ2) is 5.83. The Morgan fingerprint density at radius 1 is 1.29 bits per heavy atom. The predicted molar refractivity (Wildman–Crippen MR) is 68.6 cm³/mol. The first-order valence-corrected chi connectivity index (χ1v) is 6.92. The van der Waals surface area contributed by atoms with Crippen LogP contribution in [0.5, 0.6) is 0 Å². The summed E-state index contributed by atoms with van der Waals surface area (Å²) in [6.45, 7) is 1.72. The molecule has 0 heterocycles. The summed E-state index contributed by atoms with van der Waals surface area (Å²) in [6, 6.07) is 0.841. The Morgan fingerprint density at radius 2 is 2.00 bits per heavy atom. The Balaban J connectivity index is 1.65. The average molecular weight is 239 g/mol. The molecule has 2 rings (SSSR count). The van der Waals surface area contributed by atoms with Crippen LogP contribution < -0.4 is 11.1 Å². The lowest BCUT2D eigenvalue weighted by Gasteiger charge is -2.27. The van der Waals surface area contributed by atoms with Gasteiger partial charge in [-0.1, -0.05) is 12.8 Å². The molecule has 2 saturated carbocycles. The third kappa shape index (κ3) is 3.68. The molecule has 1 amide bonds. The highest BCUT2D eigenvalue weighted by Crippen LogP contribution is 2.25. The van der Waals surface area contributed by atoms with E-state index in [1.165, 1.54) is 19.3 Å². The van der Waals surface area contributed by atoms with Gasteiger partial charge in [0.05, 0.1) is 5.92 Å². The van der Waals surface area contributed by atoms with Gasteiger partial charge in [-0.15, -0.1) is 0 Å². The largest absolute Gasteiger partial charge is 0.355 e. The van der Waals surface area contributed by atoms with E-state index in [4.69, 9.17) is 5.73 Å². The third-order valence-corrected chi connectivity index (χ3v) is 4.09. The summed E-state index contributed by atoms with van der Waals surface area (Å²) < 4.78 is 0. The van der Waals surface area contributed by atoms with Gasteiger partial charge in [-0.3, -0.25) is 4.79 Å². The molecule has 0 radical (unpaired) electrons. The van der Waals surface area contributed by atoms with Gasteiger partial charge < -0.3 is 16.0 Å². The Morgan fingerprint density at radius 3 is 2.65 bits per heavy atom. The van der Waals surface area contributed by atoms with Crippen LogP contribution in [0.2, 0.25) is 0 Å². The van der Waals surface area contributed by atoms with Crippen LogP contribution in [0.1, 0.15) is 38.5 Å². The van der Waals surface area contributed by atoms with Crippen LogP contribution in [0.4, 0.5) is 0 Å². The summed E-state index contributed by atoms with van der Waals surface area (Å²) in [5, 5.41) is 3.04. The van der Waals surface area contributed by atoms with E-state index in [2.05, 4.69) is 17.3 Å². The smallest absolute Gasteiger partial charge is 0.224 e. The summed E-state index contributed by atoms with van der Waals surface area (Å²) in [5.41, 5.74) is 6.00.